The van der Waals surface area contributed by atoms with E-state index in [1.54, 1.807) is 6.07 Å². The quantitative estimate of drug-likeness (QED) is 0.811. The van der Waals surface area contributed by atoms with Crippen molar-refractivity contribution in [2.24, 2.45) is 0 Å². The van der Waals surface area contributed by atoms with Crippen LogP contribution in [0.4, 0.5) is 21.5 Å². The molecule has 0 fully saturated rings. The molecule has 0 bridgehead atoms. The van der Waals surface area contributed by atoms with Crippen LogP contribution in [0, 0.1) is 5.82 Å². The normalized spacial score (nSPS) is 13.8. The van der Waals surface area contributed by atoms with Crippen LogP contribution >= 0.6 is 15.9 Å². The number of hydrogen-bond acceptors (Lipinski definition) is 2. The van der Waals surface area contributed by atoms with Gasteiger partial charge in [-0.25, -0.2) is 4.39 Å². The minimum absolute atomic E-state index is 0.202. The third-order valence-corrected chi connectivity index (χ3v) is 3.84. The molecule has 0 saturated carbocycles. The molecule has 2 nitrogen and oxygen atoms in total. The van der Waals surface area contributed by atoms with E-state index in [0.717, 1.165) is 28.8 Å². The fourth-order valence-corrected chi connectivity index (χ4v) is 2.96. The highest BCUT2D eigenvalue weighted by atomic mass is 79.9. The lowest BCUT2D eigenvalue weighted by Crippen LogP contribution is -2.14. The maximum Gasteiger partial charge on any atom is 0.125 e. The van der Waals surface area contributed by atoms with Crippen molar-refractivity contribution < 1.29 is 4.39 Å². The first-order valence-electron chi connectivity index (χ1n) is 5.76. The van der Waals surface area contributed by atoms with Crippen LogP contribution in [-0.2, 0) is 6.42 Å². The second kappa shape index (κ2) is 4.28. The Labute approximate surface area is 113 Å². The number of nitrogens with two attached hydrogens (primary N) is 1. The van der Waals surface area contributed by atoms with Crippen LogP contribution in [0.5, 0.6) is 0 Å². The molecule has 4 heteroatoms. The summed E-state index contributed by atoms with van der Waals surface area (Å²) in [4.78, 5) is 2.11. The predicted octanol–water partition coefficient (Wildman–Crippen LogP) is 3.86. The minimum atomic E-state index is -0.202. The number of nitrogens with zero attached hydrogens (tertiary/aromatic N) is 1. The molecule has 0 radical (unpaired) electrons. The van der Waals surface area contributed by atoms with Crippen LogP contribution in [0.25, 0.3) is 0 Å². The topological polar surface area (TPSA) is 29.3 Å². The number of rotatable bonds is 1. The van der Waals surface area contributed by atoms with E-state index in [0.29, 0.717) is 5.69 Å². The molecule has 2 N–H and O–H groups in total. The molecule has 1 heterocycles. The van der Waals surface area contributed by atoms with Crippen molar-refractivity contribution in [3.63, 3.8) is 0 Å². The summed E-state index contributed by atoms with van der Waals surface area (Å²) in [6, 6.07) is 10.6. The van der Waals surface area contributed by atoms with Gasteiger partial charge in [-0.2, -0.15) is 0 Å². The van der Waals surface area contributed by atoms with Gasteiger partial charge in [0.2, 0.25) is 0 Å². The molecule has 18 heavy (non-hydrogen) atoms. The zero-order chi connectivity index (χ0) is 12.7. The molecule has 0 atom stereocenters. The molecule has 1 aliphatic rings. The first-order valence-corrected chi connectivity index (χ1v) is 6.55. The van der Waals surface area contributed by atoms with Crippen molar-refractivity contribution in [2.75, 3.05) is 17.2 Å². The summed E-state index contributed by atoms with van der Waals surface area (Å²) in [7, 11) is 0. The molecule has 92 valence electrons. The van der Waals surface area contributed by atoms with Crippen LogP contribution in [0.15, 0.2) is 40.9 Å². The lowest BCUT2D eigenvalue weighted by molar-refractivity contribution is 0.628. The Hall–Kier alpha value is -1.55. The number of benzene rings is 2. The highest BCUT2D eigenvalue weighted by Crippen LogP contribution is 2.39. The average molecular weight is 307 g/mol. The van der Waals surface area contributed by atoms with Crippen LogP contribution < -0.4 is 10.6 Å². The second-order valence-corrected chi connectivity index (χ2v) is 5.24. The number of anilines is 3. The molecular weight excluding hydrogens is 295 g/mol. The highest BCUT2D eigenvalue weighted by Gasteiger charge is 2.22. The fourth-order valence-electron chi connectivity index (χ4n) is 2.34. The van der Waals surface area contributed by atoms with Gasteiger partial charge in [0, 0.05) is 22.4 Å². The molecule has 0 aliphatic carbocycles. The van der Waals surface area contributed by atoms with E-state index in [2.05, 4.69) is 20.8 Å². The van der Waals surface area contributed by atoms with Crippen molar-refractivity contribution in [3.05, 3.63) is 52.3 Å². The molecule has 2 aromatic carbocycles. The molecule has 2 aromatic rings. The third-order valence-electron chi connectivity index (χ3n) is 3.21. The van der Waals surface area contributed by atoms with E-state index < -0.39 is 0 Å². The van der Waals surface area contributed by atoms with Crippen molar-refractivity contribution in [1.82, 2.24) is 0 Å². The zero-order valence-electron chi connectivity index (χ0n) is 9.66. The van der Waals surface area contributed by atoms with Crippen molar-refractivity contribution in [2.45, 2.75) is 6.42 Å². The molecule has 0 spiro atoms. The maximum atomic E-state index is 13.4. The summed E-state index contributed by atoms with van der Waals surface area (Å²) < 4.78 is 14.3. The first kappa shape index (κ1) is 11.5. The Kier molecular flexibility index (Phi) is 2.74. The van der Waals surface area contributed by atoms with Gasteiger partial charge in [0.1, 0.15) is 5.82 Å². The summed E-state index contributed by atoms with van der Waals surface area (Å²) in [6.07, 6.45) is 0.937. The van der Waals surface area contributed by atoms with Crippen LogP contribution in [0.2, 0.25) is 0 Å². The monoisotopic (exact) mass is 306 g/mol. The van der Waals surface area contributed by atoms with E-state index in [9.17, 15) is 4.39 Å². The van der Waals surface area contributed by atoms with E-state index in [4.69, 9.17) is 5.73 Å². The van der Waals surface area contributed by atoms with Crippen molar-refractivity contribution >= 4 is 33.0 Å². The van der Waals surface area contributed by atoms with Crippen LogP contribution in [0.3, 0.4) is 0 Å². The van der Waals surface area contributed by atoms with Crippen LogP contribution in [-0.4, -0.2) is 6.54 Å². The Bertz CT molecular complexity index is 613. The number of halogens is 2. The second-order valence-electron chi connectivity index (χ2n) is 4.39. The van der Waals surface area contributed by atoms with Gasteiger partial charge < -0.3 is 10.6 Å². The third kappa shape index (κ3) is 1.86. The standard InChI is InChI=1S/C14H12BrFN2/c15-12-8-11(17)3-4-13(12)18-6-5-9-1-2-10(16)7-14(9)18/h1-4,7-8H,5-6,17H2. The first-order chi connectivity index (χ1) is 8.65. The minimum Gasteiger partial charge on any atom is -0.399 e. The Morgan fingerprint density at radius 3 is 2.72 bits per heavy atom. The highest BCUT2D eigenvalue weighted by molar-refractivity contribution is 9.10. The Morgan fingerprint density at radius 2 is 1.94 bits per heavy atom. The van der Waals surface area contributed by atoms with Gasteiger partial charge in [-0.3, -0.25) is 0 Å². The lowest BCUT2D eigenvalue weighted by Gasteiger charge is -2.21. The van der Waals surface area contributed by atoms with E-state index >= 15 is 0 Å². The van der Waals surface area contributed by atoms with Gasteiger partial charge in [0.05, 0.1) is 5.69 Å². The van der Waals surface area contributed by atoms with E-state index in [1.807, 2.05) is 24.3 Å². The van der Waals surface area contributed by atoms with Crippen molar-refractivity contribution in [1.29, 1.82) is 0 Å². The predicted molar refractivity (Wildman–Crippen MR) is 75.7 cm³/mol. The molecule has 0 saturated heterocycles. The molecular formula is C14H12BrFN2. The zero-order valence-corrected chi connectivity index (χ0v) is 11.2. The van der Waals surface area contributed by atoms with Gasteiger partial charge in [-0.05, 0) is 58.2 Å². The molecule has 0 aromatic heterocycles. The summed E-state index contributed by atoms with van der Waals surface area (Å²) >= 11 is 3.51. The smallest absolute Gasteiger partial charge is 0.125 e. The largest absolute Gasteiger partial charge is 0.399 e. The average Bonchev–Trinajstić information content (AvgIpc) is 2.72. The summed E-state index contributed by atoms with van der Waals surface area (Å²) in [5.74, 6) is -0.202. The summed E-state index contributed by atoms with van der Waals surface area (Å²) in [5, 5.41) is 0. The SMILES string of the molecule is Nc1ccc(N2CCc3ccc(F)cc32)c(Br)c1. The molecule has 0 amide bonds. The fraction of sp³-hybridized carbons (Fsp3) is 0.143. The van der Waals surface area contributed by atoms with Crippen molar-refractivity contribution in [3.8, 4) is 0 Å². The summed E-state index contributed by atoms with van der Waals surface area (Å²) in [6.45, 7) is 0.862. The Morgan fingerprint density at radius 1 is 1.11 bits per heavy atom. The van der Waals surface area contributed by atoms with E-state index in [1.165, 1.54) is 11.6 Å². The summed E-state index contributed by atoms with van der Waals surface area (Å²) in [5.41, 5.74) is 9.60. The van der Waals surface area contributed by atoms with E-state index in [-0.39, 0.29) is 5.82 Å². The Balaban J connectivity index is 2.08. The molecule has 3 rings (SSSR count). The molecule has 0 unspecified atom stereocenters. The number of fused-ring (bicyclic) bond motifs is 1. The van der Waals surface area contributed by atoms with Gasteiger partial charge >= 0.3 is 0 Å². The van der Waals surface area contributed by atoms with Gasteiger partial charge in [-0.1, -0.05) is 6.07 Å². The van der Waals surface area contributed by atoms with Gasteiger partial charge in [0.15, 0.2) is 0 Å². The maximum absolute atomic E-state index is 13.4. The number of hydrogen-bond donors (Lipinski definition) is 1. The van der Waals surface area contributed by atoms with Crippen LogP contribution in [0.1, 0.15) is 5.56 Å². The lowest BCUT2D eigenvalue weighted by atomic mass is 10.1. The van der Waals surface area contributed by atoms with Gasteiger partial charge in [0.25, 0.3) is 0 Å². The van der Waals surface area contributed by atoms with Gasteiger partial charge in [-0.15, -0.1) is 0 Å². The number of nitrogen functional groups attached to an aromatic ring is 1. The molecule has 1 aliphatic heterocycles.